The molecule has 0 saturated carbocycles. The molecule has 2 aromatic rings. The van der Waals surface area contributed by atoms with Gasteiger partial charge in [0.15, 0.2) is 0 Å². The number of hydrogen-bond acceptors (Lipinski definition) is 3. The molecule has 0 aliphatic carbocycles. The summed E-state index contributed by atoms with van der Waals surface area (Å²) in [5, 5.41) is 8.35. The van der Waals surface area contributed by atoms with Gasteiger partial charge in [-0.15, -0.1) is 0 Å². The van der Waals surface area contributed by atoms with E-state index in [2.05, 4.69) is 4.33 Å². The lowest BCUT2D eigenvalue weighted by molar-refractivity contribution is -0.137. The first kappa shape index (κ1) is 13.9. The van der Waals surface area contributed by atoms with Crippen LogP contribution < -0.4 is 0 Å². The van der Waals surface area contributed by atoms with Crippen molar-refractivity contribution in [1.29, 1.82) is 0 Å². The van der Waals surface area contributed by atoms with Gasteiger partial charge in [0, 0.05) is 4.90 Å². The average molecular weight is 286 g/mol. The molecule has 0 unspecified atom stereocenters. The first-order valence-electron chi connectivity index (χ1n) is 5.26. The third-order valence-corrected chi connectivity index (χ3v) is 3.03. The summed E-state index contributed by atoms with van der Waals surface area (Å²) < 4.78 is 41.3. The van der Waals surface area contributed by atoms with Gasteiger partial charge in [-0.3, -0.25) is 0 Å². The van der Waals surface area contributed by atoms with E-state index in [1.165, 1.54) is 12.1 Å². The molecule has 100 valence electrons. The molecule has 0 spiro atoms. The molecule has 1 N–H and O–H groups in total. The van der Waals surface area contributed by atoms with Gasteiger partial charge in [-0.25, -0.2) is 5.26 Å². The van der Waals surface area contributed by atoms with Gasteiger partial charge in [-0.05, 0) is 35.4 Å². The summed E-state index contributed by atoms with van der Waals surface area (Å²) in [6, 6.07) is 11.8. The minimum absolute atomic E-state index is 0.653. The second kappa shape index (κ2) is 5.64. The van der Waals surface area contributed by atoms with E-state index >= 15 is 0 Å². The molecule has 2 nitrogen and oxygen atoms in total. The van der Waals surface area contributed by atoms with Crippen molar-refractivity contribution in [3.05, 3.63) is 54.1 Å². The fraction of sp³-hybridized carbons (Fsp3) is 0.0769. The van der Waals surface area contributed by atoms with E-state index in [1.807, 2.05) is 0 Å². The zero-order valence-corrected chi connectivity index (χ0v) is 10.3. The topological polar surface area (TPSA) is 29.5 Å². The third-order valence-electron chi connectivity index (χ3n) is 2.51. The zero-order valence-electron chi connectivity index (χ0n) is 9.52. The Labute approximate surface area is 112 Å². The van der Waals surface area contributed by atoms with Crippen molar-refractivity contribution in [2.75, 3.05) is 0 Å². The summed E-state index contributed by atoms with van der Waals surface area (Å²) in [5.41, 5.74) is 0.727. The molecule has 2 aromatic carbocycles. The normalized spacial score (nSPS) is 11.6. The fourth-order valence-corrected chi connectivity index (χ4v) is 2.02. The van der Waals surface area contributed by atoms with Crippen LogP contribution in [0.4, 0.5) is 13.2 Å². The van der Waals surface area contributed by atoms with Gasteiger partial charge >= 0.3 is 6.18 Å². The maximum atomic E-state index is 12.4. The Bertz CT molecular complexity index is 553. The van der Waals surface area contributed by atoms with E-state index in [1.54, 1.807) is 24.3 Å². The van der Waals surface area contributed by atoms with E-state index in [4.69, 9.17) is 5.26 Å². The molecular weight excluding hydrogens is 277 g/mol. The van der Waals surface area contributed by atoms with Gasteiger partial charge in [-0.1, -0.05) is 24.3 Å². The summed E-state index contributed by atoms with van der Waals surface area (Å²) in [7, 11) is 0. The highest BCUT2D eigenvalue weighted by Gasteiger charge is 2.29. The van der Waals surface area contributed by atoms with Crippen molar-refractivity contribution in [2.24, 2.45) is 0 Å². The summed E-state index contributed by atoms with van der Waals surface area (Å²) in [5.74, 6) is 0. The van der Waals surface area contributed by atoms with Gasteiger partial charge in [-0.2, -0.15) is 17.5 Å². The van der Waals surface area contributed by atoms with E-state index in [0.717, 1.165) is 29.7 Å². The Kier molecular flexibility index (Phi) is 4.14. The van der Waals surface area contributed by atoms with Gasteiger partial charge in [0.05, 0.1) is 17.6 Å². The van der Waals surface area contributed by atoms with Gasteiger partial charge in [0.25, 0.3) is 0 Å². The van der Waals surface area contributed by atoms with Gasteiger partial charge in [0.1, 0.15) is 0 Å². The molecule has 0 atom stereocenters. The molecule has 0 bridgehead atoms. The second-order valence-corrected chi connectivity index (χ2v) is 4.55. The van der Waals surface area contributed by atoms with Gasteiger partial charge < -0.3 is 0 Å². The lowest BCUT2D eigenvalue weighted by Gasteiger charge is -2.08. The lowest BCUT2D eigenvalue weighted by Crippen LogP contribution is -2.03. The van der Waals surface area contributed by atoms with Crippen LogP contribution in [0.2, 0.25) is 0 Å². The Hall–Kier alpha value is -1.50. The van der Waals surface area contributed by atoms with Crippen molar-refractivity contribution in [3.63, 3.8) is 0 Å². The van der Waals surface area contributed by atoms with Crippen LogP contribution in [0.3, 0.4) is 0 Å². The molecule has 2 rings (SSSR count). The molecule has 0 radical (unpaired) electrons. The minimum atomic E-state index is -4.33. The van der Waals surface area contributed by atoms with Crippen LogP contribution in [0.25, 0.3) is 11.1 Å². The molecule has 0 amide bonds. The number of rotatable bonds is 3. The molecule has 6 heteroatoms. The zero-order chi connectivity index (χ0) is 13.9. The van der Waals surface area contributed by atoms with Crippen LogP contribution in [-0.2, 0) is 10.5 Å². The van der Waals surface area contributed by atoms with E-state index in [9.17, 15) is 13.2 Å². The van der Waals surface area contributed by atoms with Crippen molar-refractivity contribution in [2.45, 2.75) is 11.1 Å². The van der Waals surface area contributed by atoms with Gasteiger partial charge in [0.2, 0.25) is 0 Å². The van der Waals surface area contributed by atoms with E-state index in [-0.39, 0.29) is 0 Å². The molecule has 19 heavy (non-hydrogen) atoms. The first-order valence-corrected chi connectivity index (χ1v) is 6.00. The summed E-state index contributed by atoms with van der Waals surface area (Å²) in [4.78, 5) is 0.653. The number of alkyl halides is 3. The molecular formula is C13H9F3O2S. The van der Waals surface area contributed by atoms with Crippen LogP contribution in [-0.4, -0.2) is 5.26 Å². The van der Waals surface area contributed by atoms with E-state index in [0.29, 0.717) is 10.5 Å². The van der Waals surface area contributed by atoms with E-state index < -0.39 is 11.7 Å². The molecule has 0 saturated heterocycles. The molecule has 0 heterocycles. The second-order valence-electron chi connectivity index (χ2n) is 3.76. The standard InChI is InChI=1S/C13H9F3O2S/c14-13(15,16)11-6-4-9(5-7-11)10-2-1-3-12(8-10)19-18-17/h1-8,17H. The number of benzene rings is 2. The minimum Gasteiger partial charge on any atom is -0.239 e. The van der Waals surface area contributed by atoms with Crippen molar-refractivity contribution >= 4 is 12.0 Å². The maximum Gasteiger partial charge on any atom is 0.416 e. The third kappa shape index (κ3) is 3.50. The van der Waals surface area contributed by atoms with Crippen LogP contribution in [0, 0.1) is 0 Å². The largest absolute Gasteiger partial charge is 0.416 e. The highest BCUT2D eigenvalue weighted by atomic mass is 32.2. The quantitative estimate of drug-likeness (QED) is 0.496. The molecule has 0 aliphatic heterocycles. The number of hydrogen-bond donors (Lipinski definition) is 1. The Morgan fingerprint density at radius 3 is 2.21 bits per heavy atom. The Balaban J connectivity index is 2.29. The van der Waals surface area contributed by atoms with Crippen LogP contribution >= 0.6 is 12.0 Å². The van der Waals surface area contributed by atoms with Crippen molar-refractivity contribution in [3.8, 4) is 11.1 Å². The molecule has 0 aliphatic rings. The van der Waals surface area contributed by atoms with Crippen LogP contribution in [0.15, 0.2) is 53.4 Å². The summed E-state index contributed by atoms with van der Waals surface area (Å²) >= 11 is 0.767. The molecule has 0 fully saturated rings. The predicted octanol–water partition coefficient (Wildman–Crippen LogP) is 4.87. The Morgan fingerprint density at radius 2 is 1.63 bits per heavy atom. The smallest absolute Gasteiger partial charge is 0.239 e. The average Bonchev–Trinajstić information content (AvgIpc) is 2.39. The molecule has 0 aromatic heterocycles. The van der Waals surface area contributed by atoms with Crippen LogP contribution in [0.5, 0.6) is 0 Å². The van der Waals surface area contributed by atoms with Crippen LogP contribution in [0.1, 0.15) is 5.56 Å². The highest BCUT2D eigenvalue weighted by molar-refractivity contribution is 7.94. The first-order chi connectivity index (χ1) is 9.00. The maximum absolute atomic E-state index is 12.4. The fourth-order valence-electron chi connectivity index (χ4n) is 1.62. The van der Waals surface area contributed by atoms with Crippen molar-refractivity contribution < 1.29 is 22.8 Å². The highest BCUT2D eigenvalue weighted by Crippen LogP contribution is 2.31. The Morgan fingerprint density at radius 1 is 0.947 bits per heavy atom. The number of halogens is 3. The van der Waals surface area contributed by atoms with Crippen molar-refractivity contribution in [1.82, 2.24) is 0 Å². The monoisotopic (exact) mass is 286 g/mol. The lowest BCUT2D eigenvalue weighted by atomic mass is 10.0. The summed E-state index contributed by atoms with van der Waals surface area (Å²) in [6.45, 7) is 0. The predicted molar refractivity (Wildman–Crippen MR) is 66.5 cm³/mol. The summed E-state index contributed by atoms with van der Waals surface area (Å²) in [6.07, 6.45) is -4.33. The SMILES string of the molecule is OOSc1cccc(-c2ccc(C(F)(F)F)cc2)c1.